The van der Waals surface area contributed by atoms with Crippen LogP contribution in [-0.4, -0.2) is 9.97 Å². The Morgan fingerprint density at radius 2 is 1.18 bits per heavy atom. The third kappa shape index (κ3) is 2.47. The molecule has 4 nitrogen and oxygen atoms in total. The van der Waals surface area contributed by atoms with Gasteiger partial charge in [0.05, 0.1) is 0 Å². The molecule has 0 radical (unpaired) electrons. The SMILES string of the molecule is Clc1ccc2oc(C=Cc3nc4cc(Cl)ccc4o3)nc2c1. The van der Waals surface area contributed by atoms with E-state index >= 15 is 0 Å². The zero-order valence-electron chi connectivity index (χ0n) is 11.1. The largest absolute Gasteiger partial charge is 0.437 e. The van der Waals surface area contributed by atoms with E-state index in [1.807, 2.05) is 0 Å². The lowest BCUT2D eigenvalue weighted by Gasteiger charge is -1.85. The van der Waals surface area contributed by atoms with Crippen molar-refractivity contribution in [2.24, 2.45) is 0 Å². The van der Waals surface area contributed by atoms with Crippen LogP contribution >= 0.6 is 23.2 Å². The van der Waals surface area contributed by atoms with Crippen LogP contribution in [-0.2, 0) is 0 Å². The molecule has 22 heavy (non-hydrogen) atoms. The fourth-order valence-electron chi connectivity index (χ4n) is 2.12. The second-order valence-corrected chi connectivity index (χ2v) is 5.53. The first-order valence-electron chi connectivity index (χ1n) is 6.48. The predicted octanol–water partition coefficient (Wildman–Crippen LogP) is 5.45. The predicted molar refractivity (Wildman–Crippen MR) is 87.0 cm³/mol. The number of hydrogen-bond acceptors (Lipinski definition) is 4. The molecule has 0 N–H and O–H groups in total. The molecule has 0 aliphatic rings. The van der Waals surface area contributed by atoms with Crippen LogP contribution in [0.5, 0.6) is 0 Å². The van der Waals surface area contributed by atoms with Gasteiger partial charge in [-0.15, -0.1) is 0 Å². The Hall–Kier alpha value is -2.30. The highest BCUT2D eigenvalue weighted by Gasteiger charge is 2.06. The lowest BCUT2D eigenvalue weighted by Crippen LogP contribution is -1.72. The Labute approximate surface area is 135 Å². The molecule has 4 aromatic rings. The fraction of sp³-hybridized carbons (Fsp3) is 0. The Morgan fingerprint density at radius 3 is 1.64 bits per heavy atom. The molecule has 0 aliphatic heterocycles. The van der Waals surface area contributed by atoms with Gasteiger partial charge >= 0.3 is 0 Å². The highest BCUT2D eigenvalue weighted by molar-refractivity contribution is 6.31. The van der Waals surface area contributed by atoms with Crippen LogP contribution in [0.1, 0.15) is 11.8 Å². The van der Waals surface area contributed by atoms with Gasteiger partial charge in [0.25, 0.3) is 0 Å². The molecule has 4 rings (SSSR count). The lowest BCUT2D eigenvalue weighted by atomic mass is 10.3. The minimum atomic E-state index is 0.456. The van der Waals surface area contributed by atoms with Gasteiger partial charge in [0.2, 0.25) is 11.8 Å². The molecule has 0 saturated carbocycles. The lowest BCUT2D eigenvalue weighted by molar-refractivity contribution is 0.583. The van der Waals surface area contributed by atoms with E-state index in [1.165, 1.54) is 0 Å². The summed E-state index contributed by atoms with van der Waals surface area (Å²) >= 11 is 11.8. The van der Waals surface area contributed by atoms with Crippen LogP contribution in [0.2, 0.25) is 10.0 Å². The molecule has 0 unspecified atom stereocenters. The van der Waals surface area contributed by atoms with Gasteiger partial charge in [-0.25, -0.2) is 9.97 Å². The van der Waals surface area contributed by atoms with Gasteiger partial charge < -0.3 is 8.83 Å². The quantitative estimate of drug-likeness (QED) is 0.490. The first-order valence-corrected chi connectivity index (χ1v) is 7.23. The molecule has 2 aromatic carbocycles. The number of benzene rings is 2. The number of aromatic nitrogens is 2. The maximum Gasteiger partial charge on any atom is 0.220 e. The van der Waals surface area contributed by atoms with Gasteiger partial charge in [-0.3, -0.25) is 0 Å². The summed E-state index contributed by atoms with van der Waals surface area (Å²) in [7, 11) is 0. The van der Waals surface area contributed by atoms with Crippen LogP contribution < -0.4 is 0 Å². The van der Waals surface area contributed by atoms with Crippen molar-refractivity contribution in [1.82, 2.24) is 9.97 Å². The van der Waals surface area contributed by atoms with E-state index in [0.717, 1.165) is 0 Å². The monoisotopic (exact) mass is 330 g/mol. The number of halogens is 2. The number of nitrogens with zero attached hydrogens (tertiary/aromatic N) is 2. The number of hydrogen-bond donors (Lipinski definition) is 0. The summed E-state index contributed by atoms with van der Waals surface area (Å²) < 4.78 is 11.2. The van der Waals surface area contributed by atoms with Crippen molar-refractivity contribution in [3.05, 3.63) is 58.2 Å². The Morgan fingerprint density at radius 1 is 0.727 bits per heavy atom. The molecule has 0 bridgehead atoms. The van der Waals surface area contributed by atoms with Gasteiger partial charge in [-0.1, -0.05) is 23.2 Å². The normalized spacial score (nSPS) is 11.9. The third-order valence-corrected chi connectivity index (χ3v) is 3.57. The van der Waals surface area contributed by atoms with Crippen LogP contribution in [0.4, 0.5) is 0 Å². The molecular weight excluding hydrogens is 323 g/mol. The van der Waals surface area contributed by atoms with Gasteiger partial charge in [-0.05, 0) is 36.4 Å². The molecule has 0 aliphatic carbocycles. The van der Waals surface area contributed by atoms with E-state index in [4.69, 9.17) is 32.0 Å². The molecule has 2 heterocycles. The Balaban J connectivity index is 1.68. The van der Waals surface area contributed by atoms with E-state index in [-0.39, 0.29) is 0 Å². The van der Waals surface area contributed by atoms with Crippen molar-refractivity contribution in [3.63, 3.8) is 0 Å². The van der Waals surface area contributed by atoms with Crippen molar-refractivity contribution in [3.8, 4) is 0 Å². The summed E-state index contributed by atoms with van der Waals surface area (Å²) in [5, 5.41) is 1.24. The summed E-state index contributed by atoms with van der Waals surface area (Å²) in [4.78, 5) is 8.66. The second kappa shape index (κ2) is 5.16. The smallest absolute Gasteiger partial charge is 0.220 e. The number of oxazole rings is 2. The number of rotatable bonds is 2. The summed E-state index contributed by atoms with van der Waals surface area (Å²) in [6, 6.07) is 10.6. The first kappa shape index (κ1) is 13.4. The maximum absolute atomic E-state index is 5.92. The topological polar surface area (TPSA) is 52.1 Å². The minimum absolute atomic E-state index is 0.456. The molecule has 0 spiro atoms. The standard InChI is InChI=1S/C16H8Cl2N2O2/c17-9-1-3-13-11(7-9)19-15(21-13)5-6-16-20-12-8-10(18)2-4-14(12)22-16/h1-8H. The highest BCUT2D eigenvalue weighted by Crippen LogP contribution is 2.23. The molecule has 2 aromatic heterocycles. The molecule has 0 saturated heterocycles. The van der Waals surface area contributed by atoms with Gasteiger partial charge in [0, 0.05) is 22.2 Å². The summed E-state index contributed by atoms with van der Waals surface area (Å²) in [5.74, 6) is 0.912. The average molecular weight is 331 g/mol. The Bertz CT molecular complexity index is 936. The molecule has 108 valence electrons. The molecule has 0 amide bonds. The van der Waals surface area contributed by atoms with Crippen molar-refractivity contribution in [2.75, 3.05) is 0 Å². The molecular formula is C16H8Cl2N2O2. The van der Waals surface area contributed by atoms with E-state index < -0.39 is 0 Å². The molecule has 0 atom stereocenters. The molecule has 6 heteroatoms. The van der Waals surface area contributed by atoms with Crippen LogP contribution in [0.25, 0.3) is 34.4 Å². The zero-order chi connectivity index (χ0) is 15.1. The summed E-state index contributed by atoms with van der Waals surface area (Å²) in [6.45, 7) is 0. The van der Waals surface area contributed by atoms with Crippen molar-refractivity contribution >= 4 is 57.6 Å². The van der Waals surface area contributed by atoms with E-state index in [0.29, 0.717) is 44.0 Å². The first-order chi connectivity index (χ1) is 10.7. The van der Waals surface area contributed by atoms with Gasteiger partial charge in [0.1, 0.15) is 11.0 Å². The highest BCUT2D eigenvalue weighted by atomic mass is 35.5. The van der Waals surface area contributed by atoms with Gasteiger partial charge in [-0.2, -0.15) is 0 Å². The van der Waals surface area contributed by atoms with E-state index in [2.05, 4.69) is 9.97 Å². The van der Waals surface area contributed by atoms with Crippen molar-refractivity contribution in [2.45, 2.75) is 0 Å². The fourth-order valence-corrected chi connectivity index (χ4v) is 2.45. The minimum Gasteiger partial charge on any atom is -0.437 e. The summed E-state index contributed by atoms with van der Waals surface area (Å²) in [5.41, 5.74) is 2.76. The van der Waals surface area contributed by atoms with E-state index in [9.17, 15) is 0 Å². The zero-order valence-corrected chi connectivity index (χ0v) is 12.6. The maximum atomic E-state index is 5.92. The van der Waals surface area contributed by atoms with Crippen LogP contribution in [0, 0.1) is 0 Å². The molecule has 0 fully saturated rings. The van der Waals surface area contributed by atoms with Crippen molar-refractivity contribution in [1.29, 1.82) is 0 Å². The third-order valence-electron chi connectivity index (χ3n) is 3.10. The average Bonchev–Trinajstić information content (AvgIpc) is 3.07. The van der Waals surface area contributed by atoms with Crippen molar-refractivity contribution < 1.29 is 8.83 Å². The summed E-state index contributed by atoms with van der Waals surface area (Å²) in [6.07, 6.45) is 3.39. The van der Waals surface area contributed by atoms with Crippen LogP contribution in [0.15, 0.2) is 45.2 Å². The van der Waals surface area contributed by atoms with Crippen LogP contribution in [0.3, 0.4) is 0 Å². The van der Waals surface area contributed by atoms with Gasteiger partial charge in [0.15, 0.2) is 11.2 Å². The second-order valence-electron chi connectivity index (χ2n) is 4.66. The number of fused-ring (bicyclic) bond motifs is 2. The van der Waals surface area contributed by atoms with E-state index in [1.54, 1.807) is 48.6 Å². The Kier molecular flexibility index (Phi) is 3.13.